The van der Waals surface area contributed by atoms with Crippen LogP contribution in [0, 0.1) is 0 Å². The summed E-state index contributed by atoms with van der Waals surface area (Å²) in [4.78, 5) is 13.6. The highest BCUT2D eigenvalue weighted by molar-refractivity contribution is 8.17. The van der Waals surface area contributed by atoms with E-state index in [9.17, 15) is 4.79 Å². The summed E-state index contributed by atoms with van der Waals surface area (Å²) in [6.07, 6.45) is 4.38. The maximum absolute atomic E-state index is 12.9. The summed E-state index contributed by atoms with van der Waals surface area (Å²) in [6, 6.07) is 25.4. The predicted octanol–water partition coefficient (Wildman–Crippen LogP) is 6.42. The minimum atomic E-state index is -1.28. The second-order valence-corrected chi connectivity index (χ2v) is 10.4. The third-order valence-corrected chi connectivity index (χ3v) is 7.93. The highest BCUT2D eigenvalue weighted by atomic mass is 35.5. The highest BCUT2D eigenvalue weighted by Gasteiger charge is 2.58. The van der Waals surface area contributed by atoms with Gasteiger partial charge in [-0.15, -0.1) is 0 Å². The fraction of sp³-hybridized carbons (Fsp3) is 0.107. The Morgan fingerprint density at radius 3 is 2.65 bits per heavy atom. The smallest absolute Gasteiger partial charge is 0.314 e. The van der Waals surface area contributed by atoms with Crippen molar-refractivity contribution in [3.05, 3.63) is 112 Å². The number of carbonyl (C=O) groups is 1. The van der Waals surface area contributed by atoms with Crippen LogP contribution in [0.4, 0.5) is 4.79 Å². The van der Waals surface area contributed by atoms with Crippen LogP contribution in [-0.2, 0) is 0 Å². The number of nitrogens with zero attached hydrogens (tertiary/aromatic N) is 3. The van der Waals surface area contributed by atoms with E-state index in [2.05, 4.69) is 21.6 Å². The number of para-hydroxylation sites is 1. The maximum Gasteiger partial charge on any atom is 0.314 e. The zero-order valence-corrected chi connectivity index (χ0v) is 21.0. The molecule has 4 aromatic rings. The maximum atomic E-state index is 12.9. The van der Waals surface area contributed by atoms with Gasteiger partial charge in [0.25, 0.3) is 5.24 Å². The van der Waals surface area contributed by atoms with Crippen molar-refractivity contribution in [3.63, 3.8) is 0 Å². The number of aromatic amines is 1. The average Bonchev–Trinajstić information content (AvgIpc) is 3.64. The number of benzene rings is 3. The summed E-state index contributed by atoms with van der Waals surface area (Å²) in [6.45, 7) is 0. The summed E-state index contributed by atoms with van der Waals surface area (Å²) < 4.78 is 6.62. The van der Waals surface area contributed by atoms with Crippen molar-refractivity contribution in [1.82, 2.24) is 20.5 Å². The first-order valence-corrected chi connectivity index (χ1v) is 13.0. The lowest BCUT2D eigenvalue weighted by molar-refractivity contribution is -0.0949. The van der Waals surface area contributed by atoms with Gasteiger partial charge in [-0.25, -0.2) is 5.01 Å². The molecule has 2 N–H and O–H groups in total. The molecule has 37 heavy (non-hydrogen) atoms. The Labute approximate surface area is 222 Å². The van der Waals surface area contributed by atoms with E-state index in [-0.39, 0.29) is 11.3 Å². The van der Waals surface area contributed by atoms with Gasteiger partial charge in [-0.2, -0.15) is 10.2 Å². The fourth-order valence-electron chi connectivity index (χ4n) is 5.06. The van der Waals surface area contributed by atoms with E-state index in [1.54, 1.807) is 6.20 Å². The molecule has 1 spiro atoms. The van der Waals surface area contributed by atoms with Gasteiger partial charge in [0.15, 0.2) is 0 Å². The third-order valence-electron chi connectivity index (χ3n) is 6.77. The van der Waals surface area contributed by atoms with Gasteiger partial charge in [-0.05, 0) is 41.6 Å². The van der Waals surface area contributed by atoms with Gasteiger partial charge in [-0.1, -0.05) is 72.3 Å². The molecule has 0 aliphatic carbocycles. The number of halogens is 1. The van der Waals surface area contributed by atoms with Crippen LogP contribution in [0.25, 0.3) is 17.3 Å². The lowest BCUT2D eigenvalue weighted by Gasteiger charge is -2.45. The van der Waals surface area contributed by atoms with Crippen LogP contribution in [0.15, 0.2) is 95.1 Å². The second kappa shape index (κ2) is 8.54. The number of amides is 1. The number of aromatic nitrogens is 2. The van der Waals surface area contributed by atoms with Gasteiger partial charge in [0.2, 0.25) is 0 Å². The van der Waals surface area contributed by atoms with Crippen molar-refractivity contribution >= 4 is 40.4 Å². The minimum Gasteiger partial charge on any atom is -0.444 e. The van der Waals surface area contributed by atoms with Crippen LogP contribution in [0.3, 0.4) is 0 Å². The molecule has 1 saturated heterocycles. The zero-order valence-electron chi connectivity index (χ0n) is 19.4. The molecule has 0 radical (unpaired) electrons. The molecule has 1 amide bonds. The quantitative estimate of drug-likeness (QED) is 0.322. The molecule has 1 fully saturated rings. The lowest BCUT2D eigenvalue weighted by atomic mass is 9.95. The predicted molar refractivity (Wildman–Crippen MR) is 145 cm³/mol. The van der Waals surface area contributed by atoms with Gasteiger partial charge >= 0.3 is 5.85 Å². The first kappa shape index (κ1) is 22.2. The number of hydrogen-bond donors (Lipinski definition) is 2. The van der Waals surface area contributed by atoms with Crippen LogP contribution in [-0.4, -0.2) is 32.0 Å². The molecular formula is C28H20ClN5O2S. The number of H-pyrrole nitrogens is 1. The first-order chi connectivity index (χ1) is 18.1. The fourth-order valence-corrected chi connectivity index (χ4v) is 6.09. The molecule has 2 unspecified atom stereocenters. The summed E-state index contributed by atoms with van der Waals surface area (Å²) in [5, 5.41) is 17.8. The SMILES string of the molecule is O=C1NC2(Oc3ccccc3C3CC(c4ccc(Cl)cc4)=NN32)/C(=C/c2cn[nH]c2-c2ccccc2)S1. The Morgan fingerprint density at radius 1 is 1.03 bits per heavy atom. The monoisotopic (exact) mass is 525 g/mol. The molecule has 3 aliphatic heterocycles. The Balaban J connectivity index is 1.37. The third kappa shape index (κ3) is 3.63. The van der Waals surface area contributed by atoms with Gasteiger partial charge < -0.3 is 4.74 Å². The number of ether oxygens (including phenoxy) is 1. The highest BCUT2D eigenvalue weighted by Crippen LogP contribution is 2.52. The normalized spacial score (nSPS) is 23.0. The van der Waals surface area contributed by atoms with Crippen molar-refractivity contribution in [2.75, 3.05) is 0 Å². The van der Waals surface area contributed by atoms with Crippen LogP contribution in [0.5, 0.6) is 5.75 Å². The summed E-state index contributed by atoms with van der Waals surface area (Å²) in [7, 11) is 0. The Morgan fingerprint density at radius 2 is 1.81 bits per heavy atom. The van der Waals surface area contributed by atoms with Crippen molar-refractivity contribution < 1.29 is 9.53 Å². The van der Waals surface area contributed by atoms with Crippen molar-refractivity contribution in [2.45, 2.75) is 18.3 Å². The Bertz CT molecular complexity index is 1580. The van der Waals surface area contributed by atoms with E-state index in [4.69, 9.17) is 21.4 Å². The van der Waals surface area contributed by atoms with E-state index in [1.807, 2.05) is 83.9 Å². The number of thioether (sulfide) groups is 1. The molecule has 9 heteroatoms. The van der Waals surface area contributed by atoms with Crippen LogP contribution in [0.1, 0.15) is 29.2 Å². The molecule has 0 bridgehead atoms. The van der Waals surface area contributed by atoms with Gasteiger partial charge in [-0.3, -0.25) is 15.2 Å². The molecule has 2 atom stereocenters. The molecule has 182 valence electrons. The van der Waals surface area contributed by atoms with E-state index in [0.29, 0.717) is 16.3 Å². The number of nitrogens with one attached hydrogen (secondary N) is 2. The molecular weight excluding hydrogens is 506 g/mol. The largest absolute Gasteiger partial charge is 0.444 e. The number of hydrazone groups is 1. The molecule has 0 saturated carbocycles. The summed E-state index contributed by atoms with van der Waals surface area (Å²) in [5.41, 5.74) is 5.63. The van der Waals surface area contributed by atoms with Crippen molar-refractivity contribution in [2.24, 2.45) is 5.10 Å². The van der Waals surface area contributed by atoms with Gasteiger partial charge in [0.1, 0.15) is 5.75 Å². The van der Waals surface area contributed by atoms with E-state index >= 15 is 0 Å². The van der Waals surface area contributed by atoms with Crippen LogP contribution < -0.4 is 10.1 Å². The lowest BCUT2D eigenvalue weighted by Crippen LogP contribution is -2.61. The molecule has 3 aromatic carbocycles. The standard InChI is InChI=1S/C28H20ClN5O2S/c29-20-12-10-17(11-13-20)22-15-23-21-8-4-5-9-24(21)36-28(34(23)33-22)25(37-27(35)31-28)14-19-16-30-32-26(19)18-6-2-1-3-7-18/h1-14,16,23H,15H2,(H,30,32)(H,31,35)/b25-14-. The summed E-state index contributed by atoms with van der Waals surface area (Å²) in [5.74, 6) is -0.555. The first-order valence-electron chi connectivity index (χ1n) is 11.8. The van der Waals surface area contributed by atoms with Gasteiger partial charge in [0, 0.05) is 28.1 Å². The number of carbonyl (C=O) groups excluding carboxylic acids is 1. The number of rotatable bonds is 3. The minimum absolute atomic E-state index is 0.115. The molecule has 3 aliphatic rings. The molecule has 4 heterocycles. The summed E-state index contributed by atoms with van der Waals surface area (Å²) >= 11 is 7.24. The molecule has 1 aromatic heterocycles. The zero-order chi connectivity index (χ0) is 25.0. The van der Waals surface area contributed by atoms with Crippen molar-refractivity contribution in [1.29, 1.82) is 0 Å². The van der Waals surface area contributed by atoms with E-state index in [1.165, 1.54) is 0 Å². The van der Waals surface area contributed by atoms with Gasteiger partial charge in [0.05, 0.1) is 28.5 Å². The average molecular weight is 526 g/mol. The Kier molecular flexibility index (Phi) is 5.12. The Hall–Kier alpha value is -4.01. The number of hydrogen-bond acceptors (Lipinski definition) is 6. The van der Waals surface area contributed by atoms with Crippen molar-refractivity contribution in [3.8, 4) is 17.0 Å². The molecule has 7 nitrogen and oxygen atoms in total. The molecule has 7 rings (SSSR count). The van der Waals surface area contributed by atoms with Crippen LogP contribution in [0.2, 0.25) is 5.02 Å². The topological polar surface area (TPSA) is 82.6 Å². The van der Waals surface area contributed by atoms with E-state index < -0.39 is 5.85 Å². The number of fused-ring (bicyclic) bond motifs is 4. The van der Waals surface area contributed by atoms with Crippen LogP contribution >= 0.6 is 23.4 Å². The second-order valence-electron chi connectivity index (χ2n) is 8.99. The van der Waals surface area contributed by atoms with E-state index in [0.717, 1.165) is 51.2 Å².